The van der Waals surface area contributed by atoms with Gasteiger partial charge in [-0.1, -0.05) is 11.6 Å². The van der Waals surface area contributed by atoms with Crippen LogP contribution in [0.2, 0.25) is 5.02 Å². The molecule has 0 spiro atoms. The summed E-state index contributed by atoms with van der Waals surface area (Å²) in [5.74, 6) is -0.997. The van der Waals surface area contributed by atoms with Gasteiger partial charge >= 0.3 is 17.4 Å². The number of amides is 1. The number of carbonyl (C=O) groups excluding carboxylic acids is 1. The summed E-state index contributed by atoms with van der Waals surface area (Å²) in [5.41, 5.74) is 0.891. The molecule has 0 unspecified atom stereocenters. The highest BCUT2D eigenvalue weighted by molar-refractivity contribution is 7.89. The van der Waals surface area contributed by atoms with Gasteiger partial charge < -0.3 is 19.5 Å². The standard InChI is InChI=1S/C19H16ClN5O5S/c20-13-3-4-14-12(10-13)11-16(22-14)31(28,29)24-8-6-23(7-9-24)18(26)19-25(27)17-15(30-19)2-1-5-21-17/h1-5,10-11,22H,6-9H2. The average Bonchev–Trinajstić information content (AvgIpc) is 3.35. The highest BCUT2D eigenvalue weighted by Crippen LogP contribution is 2.25. The Kier molecular flexibility index (Phi) is 4.61. The molecular formula is C19H16ClN5O5S. The van der Waals surface area contributed by atoms with Gasteiger partial charge in [-0.25, -0.2) is 8.42 Å². The highest BCUT2D eigenvalue weighted by atomic mass is 35.5. The Balaban J connectivity index is 1.34. The van der Waals surface area contributed by atoms with Crippen LogP contribution in [0.5, 0.6) is 0 Å². The summed E-state index contributed by atoms with van der Waals surface area (Å²) < 4.78 is 33.1. The summed E-state index contributed by atoms with van der Waals surface area (Å²) >= 11 is 5.98. The van der Waals surface area contributed by atoms with E-state index in [4.69, 9.17) is 16.0 Å². The maximum Gasteiger partial charge on any atom is 0.372 e. The maximum absolute atomic E-state index is 13.0. The predicted octanol–water partition coefficient (Wildman–Crippen LogP) is 1.74. The number of nitrogens with zero attached hydrogens (tertiary/aromatic N) is 4. The number of H-pyrrole nitrogens is 1. The molecule has 0 radical (unpaired) electrons. The molecule has 4 aromatic rings. The lowest BCUT2D eigenvalue weighted by atomic mass is 10.2. The van der Waals surface area contributed by atoms with Crippen molar-refractivity contribution in [3.8, 4) is 0 Å². The zero-order valence-electron chi connectivity index (χ0n) is 16.0. The van der Waals surface area contributed by atoms with E-state index in [0.717, 1.165) is 0 Å². The number of aromatic nitrogens is 3. The van der Waals surface area contributed by atoms with E-state index in [9.17, 15) is 18.4 Å². The van der Waals surface area contributed by atoms with Gasteiger partial charge in [-0.3, -0.25) is 4.79 Å². The molecule has 1 amide bonds. The topological polar surface area (TPSA) is 126 Å². The highest BCUT2D eigenvalue weighted by Gasteiger charge is 2.34. The first-order valence-electron chi connectivity index (χ1n) is 9.39. The second-order valence-corrected chi connectivity index (χ2v) is 9.43. The van der Waals surface area contributed by atoms with Crippen LogP contribution in [0.1, 0.15) is 10.7 Å². The van der Waals surface area contributed by atoms with E-state index in [1.165, 1.54) is 21.5 Å². The molecule has 0 atom stereocenters. The van der Waals surface area contributed by atoms with Gasteiger partial charge in [-0.05, 0) is 41.4 Å². The molecule has 1 aromatic carbocycles. The van der Waals surface area contributed by atoms with E-state index in [-0.39, 0.29) is 42.4 Å². The summed E-state index contributed by atoms with van der Waals surface area (Å²) in [6, 6.07) is 9.76. The average molecular weight is 462 g/mol. The zero-order valence-corrected chi connectivity index (χ0v) is 17.6. The molecule has 5 rings (SSSR count). The third kappa shape index (κ3) is 3.30. The van der Waals surface area contributed by atoms with Gasteiger partial charge in [0, 0.05) is 42.1 Å². The molecule has 0 bridgehead atoms. The van der Waals surface area contributed by atoms with Crippen LogP contribution < -0.4 is 4.73 Å². The molecular weight excluding hydrogens is 446 g/mol. The Morgan fingerprint density at radius 3 is 2.71 bits per heavy atom. The molecule has 1 fully saturated rings. The summed E-state index contributed by atoms with van der Waals surface area (Å²) in [6.45, 7) is 0.409. The number of sulfonamides is 1. The fourth-order valence-corrected chi connectivity index (χ4v) is 5.23. The molecule has 0 saturated carbocycles. The number of carbonyl (C=O) groups is 1. The Bertz CT molecular complexity index is 1420. The van der Waals surface area contributed by atoms with E-state index < -0.39 is 21.8 Å². The van der Waals surface area contributed by atoms with E-state index in [1.807, 2.05) is 0 Å². The molecule has 3 aromatic heterocycles. The number of piperazine rings is 1. The molecule has 1 saturated heterocycles. The zero-order chi connectivity index (χ0) is 21.8. The van der Waals surface area contributed by atoms with Gasteiger partial charge in [0.25, 0.3) is 10.0 Å². The largest absolute Gasteiger partial charge is 0.708 e. The second kappa shape index (κ2) is 7.22. The summed E-state index contributed by atoms with van der Waals surface area (Å²) in [5, 5.41) is 13.6. The van der Waals surface area contributed by atoms with Crippen molar-refractivity contribution in [3.63, 3.8) is 0 Å². The van der Waals surface area contributed by atoms with Crippen molar-refractivity contribution in [3.05, 3.63) is 58.7 Å². The van der Waals surface area contributed by atoms with E-state index >= 15 is 0 Å². The van der Waals surface area contributed by atoms with Gasteiger partial charge in [0.05, 0.1) is 0 Å². The summed E-state index contributed by atoms with van der Waals surface area (Å²) in [4.78, 5) is 21.0. The summed E-state index contributed by atoms with van der Waals surface area (Å²) in [7, 11) is -3.78. The lowest BCUT2D eigenvalue weighted by molar-refractivity contribution is -0.588. The van der Waals surface area contributed by atoms with Crippen molar-refractivity contribution < 1.29 is 22.4 Å². The number of halogens is 1. The van der Waals surface area contributed by atoms with Crippen LogP contribution in [0, 0.1) is 5.21 Å². The number of hydrogen-bond donors (Lipinski definition) is 1. The lowest BCUT2D eigenvalue weighted by Gasteiger charge is -2.32. The van der Waals surface area contributed by atoms with E-state index in [1.54, 1.807) is 30.3 Å². The van der Waals surface area contributed by atoms with Gasteiger partial charge in [0.15, 0.2) is 0 Å². The third-order valence-electron chi connectivity index (χ3n) is 5.22. The Labute approximate surface area is 181 Å². The number of nitrogens with one attached hydrogen (secondary N) is 1. The number of benzene rings is 1. The minimum absolute atomic E-state index is 0.0194. The Morgan fingerprint density at radius 1 is 1.19 bits per heavy atom. The van der Waals surface area contributed by atoms with Crippen molar-refractivity contribution in [1.29, 1.82) is 0 Å². The fraction of sp³-hybridized carbons (Fsp3) is 0.211. The maximum atomic E-state index is 13.0. The Morgan fingerprint density at radius 2 is 1.97 bits per heavy atom. The van der Waals surface area contributed by atoms with Crippen molar-refractivity contribution in [2.75, 3.05) is 26.2 Å². The molecule has 12 heteroatoms. The monoisotopic (exact) mass is 461 g/mol. The minimum Gasteiger partial charge on any atom is -0.708 e. The first-order chi connectivity index (χ1) is 14.8. The molecule has 1 aliphatic rings. The predicted molar refractivity (Wildman–Crippen MR) is 111 cm³/mol. The molecule has 31 heavy (non-hydrogen) atoms. The summed E-state index contributed by atoms with van der Waals surface area (Å²) in [6.07, 6.45) is 1.43. The molecule has 1 N–H and O–H groups in total. The Hall–Kier alpha value is -3.15. The van der Waals surface area contributed by atoms with Gasteiger partial charge in [-0.2, -0.15) is 9.04 Å². The quantitative estimate of drug-likeness (QED) is 0.366. The first-order valence-corrected chi connectivity index (χ1v) is 11.2. The number of oxazole rings is 1. The SMILES string of the molecule is O=C(c1oc2cccnc2[n+]1[O-])N1CCN(S(=O)(=O)c2cc3cc(Cl)ccc3[nH]2)CC1. The smallest absolute Gasteiger partial charge is 0.372 e. The van der Waals surface area contributed by atoms with Gasteiger partial charge in [0.2, 0.25) is 5.58 Å². The van der Waals surface area contributed by atoms with Crippen LogP contribution in [-0.4, -0.2) is 59.7 Å². The minimum atomic E-state index is -3.78. The van der Waals surface area contributed by atoms with Crippen LogP contribution in [0.15, 0.2) is 52.0 Å². The molecule has 4 heterocycles. The molecule has 0 aliphatic carbocycles. The number of hydrogen-bond acceptors (Lipinski definition) is 6. The van der Waals surface area contributed by atoms with E-state index in [2.05, 4.69) is 9.97 Å². The van der Waals surface area contributed by atoms with Crippen molar-refractivity contribution in [2.45, 2.75) is 5.03 Å². The van der Waals surface area contributed by atoms with Crippen LogP contribution in [0.25, 0.3) is 22.1 Å². The van der Waals surface area contributed by atoms with Crippen LogP contribution in [-0.2, 0) is 10.0 Å². The van der Waals surface area contributed by atoms with Gasteiger partial charge in [-0.15, -0.1) is 0 Å². The fourth-order valence-electron chi connectivity index (χ4n) is 3.61. The number of fused-ring (bicyclic) bond motifs is 2. The molecule has 160 valence electrons. The van der Waals surface area contributed by atoms with Crippen molar-refractivity contribution >= 4 is 49.7 Å². The van der Waals surface area contributed by atoms with Crippen LogP contribution >= 0.6 is 11.6 Å². The van der Waals surface area contributed by atoms with E-state index in [0.29, 0.717) is 20.7 Å². The molecule has 1 aliphatic heterocycles. The van der Waals surface area contributed by atoms with Crippen LogP contribution in [0.3, 0.4) is 0 Å². The number of pyridine rings is 1. The number of aromatic amines is 1. The normalized spacial score (nSPS) is 15.7. The van der Waals surface area contributed by atoms with Crippen molar-refractivity contribution in [1.82, 2.24) is 19.2 Å². The van der Waals surface area contributed by atoms with Crippen LogP contribution in [0.4, 0.5) is 0 Å². The lowest BCUT2D eigenvalue weighted by Crippen LogP contribution is -2.52. The third-order valence-corrected chi connectivity index (χ3v) is 7.27. The van der Waals surface area contributed by atoms with Gasteiger partial charge in [0.1, 0.15) is 11.2 Å². The number of rotatable bonds is 3. The molecule has 10 nitrogen and oxygen atoms in total. The first kappa shape index (κ1) is 19.8. The second-order valence-electron chi connectivity index (χ2n) is 7.09. The van der Waals surface area contributed by atoms with Crippen molar-refractivity contribution in [2.24, 2.45) is 0 Å².